The molecule has 0 unspecified atom stereocenters. The topological polar surface area (TPSA) is 29.3 Å². The highest BCUT2D eigenvalue weighted by Gasteiger charge is 1.97. The lowest BCUT2D eigenvalue weighted by Crippen LogP contribution is -2.24. The average molecular weight is 178 g/mol. The molecule has 0 aromatic rings. The second kappa shape index (κ2) is 6.49. The van der Waals surface area contributed by atoms with Crippen molar-refractivity contribution in [3.63, 3.8) is 0 Å². The van der Waals surface area contributed by atoms with Crippen LogP contribution in [0.2, 0.25) is 0 Å². The quantitative estimate of drug-likeness (QED) is 0.614. The first-order valence-corrected chi connectivity index (χ1v) is 4.10. The van der Waals surface area contributed by atoms with Gasteiger partial charge >= 0.3 is 0 Å². The fraction of sp³-hybridized carbons (Fsp3) is 0.857. The van der Waals surface area contributed by atoms with Crippen molar-refractivity contribution in [1.82, 2.24) is 4.90 Å². The number of hydrogen-bond acceptors (Lipinski definition) is 2. The van der Waals surface area contributed by atoms with Crippen LogP contribution in [0.15, 0.2) is 0 Å². The second-order valence-corrected chi connectivity index (χ2v) is 3.09. The summed E-state index contributed by atoms with van der Waals surface area (Å²) in [4.78, 5) is 2.55. The van der Waals surface area contributed by atoms with Gasteiger partial charge in [-0.1, -0.05) is 12.2 Å². The Hall–Kier alpha value is -0.220. The number of halogens is 1. The van der Waals surface area contributed by atoms with E-state index in [0.29, 0.717) is 11.4 Å². The van der Waals surface area contributed by atoms with Crippen molar-refractivity contribution in [3.8, 4) is 0 Å². The SMILES string of the molecule is CN(CCCF)CCC(N)=S. The Morgan fingerprint density at radius 2 is 2.18 bits per heavy atom. The van der Waals surface area contributed by atoms with Crippen LogP contribution in [0.4, 0.5) is 4.39 Å². The van der Waals surface area contributed by atoms with Gasteiger partial charge in [-0.05, 0) is 13.5 Å². The predicted molar refractivity (Wildman–Crippen MR) is 49.5 cm³/mol. The number of alkyl halides is 1. The summed E-state index contributed by atoms with van der Waals surface area (Å²) in [6, 6.07) is 0. The van der Waals surface area contributed by atoms with Gasteiger partial charge in [0, 0.05) is 19.5 Å². The van der Waals surface area contributed by atoms with Gasteiger partial charge in [-0.15, -0.1) is 0 Å². The van der Waals surface area contributed by atoms with Crippen LogP contribution in [0.3, 0.4) is 0 Å². The zero-order valence-corrected chi connectivity index (χ0v) is 7.66. The molecule has 0 fully saturated rings. The summed E-state index contributed by atoms with van der Waals surface area (Å²) < 4.78 is 11.7. The summed E-state index contributed by atoms with van der Waals surface area (Å²) >= 11 is 4.70. The standard InChI is InChI=1S/C7H15FN2S/c1-10(5-2-4-8)6-3-7(9)11/h2-6H2,1H3,(H2,9,11). The summed E-state index contributed by atoms with van der Waals surface area (Å²) in [7, 11) is 1.94. The smallest absolute Gasteiger partial charge is 0.0906 e. The van der Waals surface area contributed by atoms with Gasteiger partial charge in [0.25, 0.3) is 0 Å². The summed E-state index contributed by atoms with van der Waals surface area (Å²) in [6.45, 7) is 1.35. The summed E-state index contributed by atoms with van der Waals surface area (Å²) in [6.07, 6.45) is 1.31. The fourth-order valence-corrected chi connectivity index (χ4v) is 0.834. The Balaban J connectivity index is 3.22. The Bertz CT molecular complexity index is 119. The average Bonchev–Trinajstić information content (AvgIpc) is 1.97. The van der Waals surface area contributed by atoms with E-state index in [0.717, 1.165) is 19.5 Å². The number of thiocarbonyl (C=S) groups is 1. The van der Waals surface area contributed by atoms with Crippen molar-refractivity contribution >= 4 is 17.2 Å². The minimum absolute atomic E-state index is 0.253. The first-order valence-electron chi connectivity index (χ1n) is 3.69. The Kier molecular flexibility index (Phi) is 6.36. The molecule has 0 amide bonds. The van der Waals surface area contributed by atoms with Gasteiger partial charge in [0.2, 0.25) is 0 Å². The molecule has 2 nitrogen and oxygen atoms in total. The molecule has 2 N–H and O–H groups in total. The van der Waals surface area contributed by atoms with Gasteiger partial charge in [-0.2, -0.15) is 0 Å². The first kappa shape index (κ1) is 10.8. The Morgan fingerprint density at radius 1 is 1.55 bits per heavy atom. The summed E-state index contributed by atoms with van der Waals surface area (Å²) in [5.74, 6) is 0. The maximum atomic E-state index is 11.7. The van der Waals surface area contributed by atoms with E-state index in [1.54, 1.807) is 0 Å². The van der Waals surface area contributed by atoms with Crippen molar-refractivity contribution in [3.05, 3.63) is 0 Å². The molecule has 0 aliphatic carbocycles. The Morgan fingerprint density at radius 3 is 2.64 bits per heavy atom. The zero-order chi connectivity index (χ0) is 8.69. The van der Waals surface area contributed by atoms with Gasteiger partial charge in [-0.3, -0.25) is 4.39 Å². The van der Waals surface area contributed by atoms with Gasteiger partial charge in [0.05, 0.1) is 11.7 Å². The van der Waals surface area contributed by atoms with Gasteiger partial charge in [-0.25, -0.2) is 0 Å². The molecule has 4 heteroatoms. The van der Waals surface area contributed by atoms with Crippen LogP contribution >= 0.6 is 12.2 Å². The predicted octanol–water partition coefficient (Wildman–Crippen LogP) is 0.954. The molecule has 0 radical (unpaired) electrons. The van der Waals surface area contributed by atoms with Gasteiger partial charge in [0.1, 0.15) is 0 Å². The monoisotopic (exact) mass is 178 g/mol. The molecule has 0 atom stereocenters. The zero-order valence-electron chi connectivity index (χ0n) is 6.85. The highest BCUT2D eigenvalue weighted by atomic mass is 32.1. The van der Waals surface area contributed by atoms with Crippen molar-refractivity contribution in [2.75, 3.05) is 26.8 Å². The van der Waals surface area contributed by atoms with E-state index in [2.05, 4.69) is 0 Å². The largest absolute Gasteiger partial charge is 0.393 e. The highest BCUT2D eigenvalue weighted by molar-refractivity contribution is 7.80. The molecule has 11 heavy (non-hydrogen) atoms. The number of hydrogen-bond donors (Lipinski definition) is 1. The van der Waals surface area contributed by atoms with E-state index >= 15 is 0 Å². The van der Waals surface area contributed by atoms with Gasteiger partial charge in [0.15, 0.2) is 0 Å². The maximum Gasteiger partial charge on any atom is 0.0906 e. The highest BCUT2D eigenvalue weighted by Crippen LogP contribution is 1.90. The maximum absolute atomic E-state index is 11.7. The number of nitrogens with zero attached hydrogens (tertiary/aromatic N) is 1. The fourth-order valence-electron chi connectivity index (χ4n) is 0.743. The number of nitrogens with two attached hydrogens (primary N) is 1. The molecule has 0 rings (SSSR count). The van der Waals surface area contributed by atoms with E-state index in [9.17, 15) is 4.39 Å². The molecule has 0 saturated heterocycles. The molecule has 0 aliphatic rings. The van der Waals surface area contributed by atoms with Crippen LogP contribution in [0.25, 0.3) is 0 Å². The van der Waals surface area contributed by atoms with Gasteiger partial charge < -0.3 is 10.6 Å². The molecule has 0 bridgehead atoms. The van der Waals surface area contributed by atoms with Crippen molar-refractivity contribution < 1.29 is 4.39 Å². The van der Waals surface area contributed by atoms with E-state index in [1.165, 1.54) is 0 Å². The summed E-state index contributed by atoms with van der Waals surface area (Å²) in [5.41, 5.74) is 5.30. The molecule has 0 aromatic heterocycles. The molecule has 66 valence electrons. The third-order valence-electron chi connectivity index (χ3n) is 1.41. The van der Waals surface area contributed by atoms with Crippen molar-refractivity contribution in [2.24, 2.45) is 5.73 Å². The van der Waals surface area contributed by atoms with Crippen molar-refractivity contribution in [2.45, 2.75) is 12.8 Å². The van der Waals surface area contributed by atoms with Crippen LogP contribution in [-0.4, -0.2) is 36.7 Å². The molecular weight excluding hydrogens is 163 g/mol. The lowest BCUT2D eigenvalue weighted by molar-refractivity contribution is 0.317. The number of rotatable bonds is 6. The van der Waals surface area contributed by atoms with E-state index in [1.807, 2.05) is 11.9 Å². The third kappa shape index (κ3) is 7.68. The van der Waals surface area contributed by atoms with Crippen LogP contribution in [-0.2, 0) is 0 Å². The molecule has 0 aliphatic heterocycles. The molecule has 0 aromatic carbocycles. The molecule has 0 heterocycles. The lowest BCUT2D eigenvalue weighted by atomic mass is 10.3. The lowest BCUT2D eigenvalue weighted by Gasteiger charge is -2.14. The molecule has 0 saturated carbocycles. The second-order valence-electron chi connectivity index (χ2n) is 2.56. The van der Waals surface area contributed by atoms with E-state index in [-0.39, 0.29) is 6.67 Å². The summed E-state index contributed by atoms with van der Waals surface area (Å²) in [5, 5.41) is 0. The van der Waals surface area contributed by atoms with Crippen molar-refractivity contribution in [1.29, 1.82) is 0 Å². The van der Waals surface area contributed by atoms with Crippen LogP contribution in [0.1, 0.15) is 12.8 Å². The molecular formula is C7H15FN2S. The third-order valence-corrected chi connectivity index (χ3v) is 1.62. The van der Waals surface area contributed by atoms with E-state index in [4.69, 9.17) is 18.0 Å². The normalized spacial score (nSPS) is 10.5. The van der Waals surface area contributed by atoms with E-state index < -0.39 is 0 Å². The molecule has 0 spiro atoms. The first-order chi connectivity index (χ1) is 5.16. The minimum atomic E-state index is -0.253. The van der Waals surface area contributed by atoms with Crippen LogP contribution < -0.4 is 5.73 Å². The van der Waals surface area contributed by atoms with Crippen LogP contribution in [0, 0.1) is 0 Å². The van der Waals surface area contributed by atoms with Crippen LogP contribution in [0.5, 0.6) is 0 Å². The minimum Gasteiger partial charge on any atom is -0.393 e. The Labute approximate surface area is 72.6 Å².